The van der Waals surface area contributed by atoms with Gasteiger partial charge in [-0.15, -0.1) is 0 Å². The van der Waals surface area contributed by atoms with Crippen LogP contribution in [0.25, 0.3) is 0 Å². The number of hydrogen-bond donors (Lipinski definition) is 0. The van der Waals surface area contributed by atoms with Crippen LogP contribution in [-0.4, -0.2) is 23.2 Å². The van der Waals surface area contributed by atoms with Crippen LogP contribution in [0.4, 0.5) is 4.39 Å². The van der Waals surface area contributed by atoms with Crippen molar-refractivity contribution in [1.29, 1.82) is 0 Å². The minimum atomic E-state index is -4.09. The van der Waals surface area contributed by atoms with E-state index in [1.165, 1.54) is 17.1 Å². The third kappa shape index (κ3) is 3.21. The van der Waals surface area contributed by atoms with Crippen molar-refractivity contribution in [3.8, 4) is 5.75 Å². The van der Waals surface area contributed by atoms with E-state index in [1.807, 2.05) is 0 Å². The van der Waals surface area contributed by atoms with Gasteiger partial charge < -0.3 is 4.74 Å². The van der Waals surface area contributed by atoms with Crippen molar-refractivity contribution in [3.05, 3.63) is 36.2 Å². The Hall–Kier alpha value is -1.67. The van der Waals surface area contributed by atoms with E-state index in [-0.39, 0.29) is 12.4 Å². The molecular formula is C10H9ClFN3O3S. The number of benzene rings is 1. The van der Waals surface area contributed by atoms with Gasteiger partial charge >= 0.3 is 0 Å². The van der Waals surface area contributed by atoms with Crippen molar-refractivity contribution < 1.29 is 17.5 Å². The second-order valence-electron chi connectivity index (χ2n) is 3.62. The Balaban J connectivity index is 2.28. The first-order valence-corrected chi connectivity index (χ1v) is 7.39. The highest BCUT2D eigenvalue weighted by atomic mass is 35.7. The molecule has 1 heterocycles. The fourth-order valence-electron chi connectivity index (χ4n) is 1.38. The lowest BCUT2D eigenvalue weighted by Crippen LogP contribution is -2.06. The van der Waals surface area contributed by atoms with Gasteiger partial charge in [0, 0.05) is 17.7 Å². The Bertz CT molecular complexity index is 702. The minimum Gasteiger partial charge on any atom is -0.484 e. The Morgan fingerprint density at radius 2 is 2.21 bits per heavy atom. The van der Waals surface area contributed by atoms with Crippen LogP contribution in [0.2, 0.25) is 0 Å². The Kier molecular flexibility index (Phi) is 3.72. The highest BCUT2D eigenvalue weighted by Crippen LogP contribution is 2.28. The summed E-state index contributed by atoms with van der Waals surface area (Å²) in [6.07, 6.45) is 1.34. The molecule has 2 rings (SSSR count). The summed E-state index contributed by atoms with van der Waals surface area (Å²) < 4.78 is 42.5. The van der Waals surface area contributed by atoms with Crippen LogP contribution in [0.3, 0.4) is 0 Å². The average molecular weight is 306 g/mol. The second-order valence-corrected chi connectivity index (χ2v) is 6.15. The number of nitrogens with zero attached hydrogens (tertiary/aromatic N) is 3. The highest BCUT2D eigenvalue weighted by Gasteiger charge is 2.18. The van der Waals surface area contributed by atoms with Gasteiger partial charge in [0.25, 0.3) is 9.05 Å². The van der Waals surface area contributed by atoms with Gasteiger partial charge in [-0.2, -0.15) is 5.10 Å². The number of aryl methyl sites for hydroxylation is 1. The Morgan fingerprint density at radius 3 is 2.79 bits per heavy atom. The van der Waals surface area contributed by atoms with Gasteiger partial charge in [0.05, 0.1) is 0 Å². The maximum absolute atomic E-state index is 13.1. The van der Waals surface area contributed by atoms with Crippen molar-refractivity contribution in [2.75, 3.05) is 0 Å². The van der Waals surface area contributed by atoms with E-state index >= 15 is 0 Å². The molecule has 0 radical (unpaired) electrons. The van der Waals surface area contributed by atoms with Crippen LogP contribution in [0.5, 0.6) is 5.75 Å². The topological polar surface area (TPSA) is 74.1 Å². The standard InChI is InChI=1S/C10H9ClFN3O3S/c1-15-10(13-6-14-15)5-18-8-3-2-7(12)4-9(8)19(11,16)17/h2-4,6H,5H2,1H3. The summed E-state index contributed by atoms with van der Waals surface area (Å²) >= 11 is 0. The monoisotopic (exact) mass is 305 g/mol. The van der Waals surface area contributed by atoms with Crippen LogP contribution in [0.1, 0.15) is 5.82 Å². The van der Waals surface area contributed by atoms with E-state index in [0.29, 0.717) is 5.82 Å². The van der Waals surface area contributed by atoms with E-state index in [1.54, 1.807) is 7.05 Å². The third-order valence-corrected chi connectivity index (χ3v) is 3.67. The van der Waals surface area contributed by atoms with Gasteiger partial charge in [0.15, 0.2) is 5.82 Å². The number of ether oxygens (including phenoxy) is 1. The molecule has 0 unspecified atom stereocenters. The van der Waals surface area contributed by atoms with Gasteiger partial charge in [-0.25, -0.2) is 17.8 Å². The summed E-state index contributed by atoms with van der Waals surface area (Å²) in [5.41, 5.74) is 0. The van der Waals surface area contributed by atoms with E-state index in [0.717, 1.165) is 12.1 Å². The van der Waals surface area contributed by atoms with Crippen LogP contribution in [0, 0.1) is 5.82 Å². The molecule has 0 saturated carbocycles. The van der Waals surface area contributed by atoms with Crippen LogP contribution in [-0.2, 0) is 22.7 Å². The summed E-state index contributed by atoms with van der Waals surface area (Å²) in [5, 5.41) is 3.84. The number of rotatable bonds is 4. The minimum absolute atomic E-state index is 0.0124. The highest BCUT2D eigenvalue weighted by molar-refractivity contribution is 8.13. The predicted molar refractivity (Wildman–Crippen MR) is 64.8 cm³/mol. The van der Waals surface area contributed by atoms with Gasteiger partial charge in [-0.3, -0.25) is 4.68 Å². The molecule has 0 aliphatic heterocycles. The summed E-state index contributed by atoms with van der Waals surface area (Å²) in [6, 6.07) is 3.08. The van der Waals surface area contributed by atoms with E-state index in [2.05, 4.69) is 10.1 Å². The SMILES string of the molecule is Cn1ncnc1COc1ccc(F)cc1S(=O)(=O)Cl. The van der Waals surface area contributed by atoms with Crippen molar-refractivity contribution in [2.24, 2.45) is 7.05 Å². The zero-order valence-electron chi connectivity index (χ0n) is 9.75. The second kappa shape index (κ2) is 5.14. The first-order valence-electron chi connectivity index (χ1n) is 5.08. The average Bonchev–Trinajstić information content (AvgIpc) is 2.72. The number of aromatic nitrogens is 3. The third-order valence-electron chi connectivity index (χ3n) is 2.33. The molecule has 0 N–H and O–H groups in total. The number of halogens is 2. The first-order chi connectivity index (χ1) is 8.88. The molecule has 0 atom stereocenters. The molecule has 102 valence electrons. The van der Waals surface area contributed by atoms with E-state index in [4.69, 9.17) is 15.4 Å². The fourth-order valence-corrected chi connectivity index (χ4v) is 2.37. The van der Waals surface area contributed by atoms with Crippen LogP contribution in [0.15, 0.2) is 29.4 Å². The molecule has 1 aromatic carbocycles. The lowest BCUT2D eigenvalue weighted by atomic mass is 10.3. The Morgan fingerprint density at radius 1 is 1.47 bits per heavy atom. The predicted octanol–water partition coefficient (Wildman–Crippen LogP) is 1.46. The zero-order chi connectivity index (χ0) is 14.0. The molecule has 0 amide bonds. The molecule has 6 nitrogen and oxygen atoms in total. The van der Waals surface area contributed by atoms with Crippen molar-refractivity contribution in [3.63, 3.8) is 0 Å². The molecule has 0 saturated heterocycles. The van der Waals surface area contributed by atoms with E-state index in [9.17, 15) is 12.8 Å². The summed E-state index contributed by atoms with van der Waals surface area (Å²) in [4.78, 5) is 3.49. The quantitative estimate of drug-likeness (QED) is 0.800. The molecule has 1 aromatic heterocycles. The normalized spacial score (nSPS) is 11.5. The molecule has 0 aliphatic carbocycles. The van der Waals surface area contributed by atoms with Crippen molar-refractivity contribution in [2.45, 2.75) is 11.5 Å². The fraction of sp³-hybridized carbons (Fsp3) is 0.200. The van der Waals surface area contributed by atoms with Crippen LogP contribution < -0.4 is 4.74 Å². The van der Waals surface area contributed by atoms with Gasteiger partial charge in [-0.05, 0) is 18.2 Å². The molecule has 19 heavy (non-hydrogen) atoms. The molecule has 2 aromatic rings. The molecular weight excluding hydrogens is 297 g/mol. The molecule has 0 bridgehead atoms. The van der Waals surface area contributed by atoms with Gasteiger partial charge in [-0.1, -0.05) is 0 Å². The molecule has 9 heteroatoms. The van der Waals surface area contributed by atoms with Gasteiger partial charge in [0.1, 0.15) is 29.4 Å². The lowest BCUT2D eigenvalue weighted by molar-refractivity contribution is 0.282. The summed E-state index contributed by atoms with van der Waals surface area (Å²) in [6.45, 7) is -0.0124. The zero-order valence-corrected chi connectivity index (χ0v) is 11.3. The van der Waals surface area contributed by atoms with Gasteiger partial charge in [0.2, 0.25) is 0 Å². The smallest absolute Gasteiger partial charge is 0.265 e. The maximum Gasteiger partial charge on any atom is 0.265 e. The maximum atomic E-state index is 13.1. The first kappa shape index (κ1) is 13.8. The Labute approximate surface area is 113 Å². The van der Waals surface area contributed by atoms with E-state index < -0.39 is 19.8 Å². The van der Waals surface area contributed by atoms with Crippen LogP contribution >= 0.6 is 10.7 Å². The largest absolute Gasteiger partial charge is 0.484 e. The lowest BCUT2D eigenvalue weighted by Gasteiger charge is -2.09. The molecule has 0 spiro atoms. The number of hydrogen-bond acceptors (Lipinski definition) is 5. The summed E-state index contributed by atoms with van der Waals surface area (Å²) in [5.74, 6) is -0.271. The molecule has 0 fully saturated rings. The molecule has 0 aliphatic rings. The summed E-state index contributed by atoms with van der Waals surface area (Å²) in [7, 11) is 2.79. The van der Waals surface area contributed by atoms with Crippen molar-refractivity contribution >= 4 is 19.7 Å². The van der Waals surface area contributed by atoms with Crippen molar-refractivity contribution in [1.82, 2.24) is 14.8 Å².